The number of carbonyl (C=O) groups is 9. The third kappa shape index (κ3) is 26.6. The maximum atomic E-state index is 14.3. The number of nitrogens with one attached hydrogen (secondary N) is 4. The molecular weight excluding hydrogens is 1490 g/mol. The van der Waals surface area contributed by atoms with Gasteiger partial charge in [-0.1, -0.05) is 91.7 Å². The molecule has 0 radical (unpaired) electrons. The van der Waals surface area contributed by atoms with Gasteiger partial charge in [-0.05, 0) is 74.9 Å². The van der Waals surface area contributed by atoms with E-state index in [4.69, 9.17) is 61.6 Å². The number of anilines is 2. The Morgan fingerprint density at radius 1 is 0.557 bits per heavy atom. The van der Waals surface area contributed by atoms with E-state index < -0.39 is 60.0 Å². The molecule has 9 amide bonds. The summed E-state index contributed by atoms with van der Waals surface area (Å²) in [4.78, 5) is 130. The average Bonchev–Trinajstić information content (AvgIpc) is 1.61. The molecule has 5 N–H and O–H groups in total. The van der Waals surface area contributed by atoms with Crippen LogP contribution in [0.15, 0.2) is 132 Å². The Hall–Kier alpha value is -10.4. The number of imide groups is 1. The summed E-state index contributed by atoms with van der Waals surface area (Å²) in [5.41, 5.74) is 4.46. The van der Waals surface area contributed by atoms with E-state index in [1.54, 1.807) is 67.6 Å². The van der Waals surface area contributed by atoms with Crippen LogP contribution in [0.5, 0.6) is 23.0 Å². The summed E-state index contributed by atoms with van der Waals surface area (Å²) in [6, 6.07) is 26.3. The van der Waals surface area contributed by atoms with Crippen LogP contribution in [0.2, 0.25) is 0 Å². The van der Waals surface area contributed by atoms with Gasteiger partial charge in [-0.3, -0.25) is 48.2 Å². The molecule has 32 heteroatoms. The Morgan fingerprint density at radius 3 is 1.67 bits per heavy atom. The Labute approximate surface area is 669 Å². The summed E-state index contributed by atoms with van der Waals surface area (Å²) < 4.78 is 73.8. The lowest BCUT2D eigenvalue weighted by molar-refractivity contribution is -0.139. The van der Waals surface area contributed by atoms with Gasteiger partial charge in [-0.25, -0.2) is 9.69 Å². The number of rotatable bonds is 47. The molecule has 0 bridgehead atoms. The van der Waals surface area contributed by atoms with E-state index >= 15 is 0 Å². The van der Waals surface area contributed by atoms with Crippen molar-refractivity contribution in [1.29, 1.82) is 0 Å². The molecule has 1 saturated heterocycles. The Balaban J connectivity index is 0.571. The third-order valence-electron chi connectivity index (χ3n) is 18.9. The number of methoxy groups -OCH3 is 2. The highest BCUT2D eigenvalue weighted by Gasteiger charge is 2.46. The van der Waals surface area contributed by atoms with Gasteiger partial charge in [-0.15, -0.1) is 0 Å². The van der Waals surface area contributed by atoms with Gasteiger partial charge in [0.1, 0.15) is 18.7 Å². The molecule has 9 rings (SSSR count). The van der Waals surface area contributed by atoms with E-state index in [-0.39, 0.29) is 143 Å². The van der Waals surface area contributed by atoms with Crippen molar-refractivity contribution >= 4 is 76.6 Å². The molecule has 1 fully saturated rings. The highest BCUT2D eigenvalue weighted by Crippen LogP contribution is 2.43. The minimum atomic E-state index is -1.55. The quantitative estimate of drug-likeness (QED) is 0.0214. The fraction of sp³-hybridized carbons (Fsp3) is 0.494. The van der Waals surface area contributed by atoms with Crippen molar-refractivity contribution in [1.82, 2.24) is 30.7 Å². The normalized spacial score (nSPS) is 17.3. The van der Waals surface area contributed by atoms with Crippen molar-refractivity contribution in [2.24, 2.45) is 10.9 Å². The zero-order valence-corrected chi connectivity index (χ0v) is 66.3. The predicted octanol–water partition coefficient (Wildman–Crippen LogP) is 7.26. The van der Waals surface area contributed by atoms with Gasteiger partial charge in [0.05, 0.1) is 174 Å². The first-order chi connectivity index (χ1) is 55.7. The van der Waals surface area contributed by atoms with Crippen LogP contribution in [0.25, 0.3) is 0 Å². The Kier molecular flexibility index (Phi) is 35.6. The molecule has 0 aromatic heterocycles. The van der Waals surface area contributed by atoms with Crippen LogP contribution in [-0.2, 0) is 78.0 Å². The summed E-state index contributed by atoms with van der Waals surface area (Å²) in [5, 5.41) is 22.9. The maximum Gasteiger partial charge on any atom is 0.416 e. The van der Waals surface area contributed by atoms with Crippen LogP contribution in [0.1, 0.15) is 111 Å². The van der Waals surface area contributed by atoms with Crippen molar-refractivity contribution in [3.05, 3.63) is 149 Å². The van der Waals surface area contributed by atoms with Crippen molar-refractivity contribution < 1.29 is 110 Å². The first kappa shape index (κ1) is 88.5. The summed E-state index contributed by atoms with van der Waals surface area (Å²) in [5.74, 6) is -2.84. The lowest BCUT2D eigenvalue weighted by Gasteiger charge is -2.31. The van der Waals surface area contributed by atoms with Crippen LogP contribution >= 0.6 is 0 Å². The van der Waals surface area contributed by atoms with E-state index in [1.807, 2.05) is 74.6 Å². The molecule has 5 aliphatic rings. The summed E-state index contributed by atoms with van der Waals surface area (Å²) >= 11 is 0. The molecule has 115 heavy (non-hydrogen) atoms. The van der Waals surface area contributed by atoms with Crippen LogP contribution in [0.3, 0.4) is 0 Å². The standard InChI is InChI=1S/C83H107N9O23/c1-55(2)76(88-74(94)23-28-105-30-32-107-34-36-109-38-40-111-42-43-112-41-39-110-37-35-108-33-31-106-29-24-84-73(93)22-25-89-75(95)48-63(79(89)98)60-16-13-11-9-8-10-12-14-17-60)78(97)86-58(5)77(96)87-61-20-18-59(19-21-61)54-115-83(102)92-67-50-72(70(104-7)47-65(67)81(100)91-53-57(4)45-68(91)82(92)101)114-27-15-26-113-71-49-66-64(46-69(71)103-6)80(99)90-52-56(3)44-62(90)51-85-66/h8-14,16-21,46-47,49-53,55,58,62-63,68,76,82,101H,15,22-45,48,54H2,1-7H3,(H,84,93)(H,86,97)(H,87,96)(H,88,94)/t58-,62-,63?,68-,76-,82-/m0/s1. The van der Waals surface area contributed by atoms with Crippen molar-refractivity contribution in [2.75, 3.05) is 156 Å². The van der Waals surface area contributed by atoms with Crippen LogP contribution in [-0.4, -0.2) is 256 Å². The number of aliphatic imine (C=N–C) groups is 1. The number of hydrogen-bond donors (Lipinski definition) is 5. The highest BCUT2D eigenvalue weighted by molar-refractivity contribution is 6.08. The van der Waals surface area contributed by atoms with E-state index in [2.05, 4.69) is 26.3 Å². The van der Waals surface area contributed by atoms with Crippen molar-refractivity contribution in [2.45, 2.75) is 116 Å². The molecule has 6 atom stereocenters. The zero-order chi connectivity index (χ0) is 82.0. The fourth-order valence-corrected chi connectivity index (χ4v) is 12.9. The van der Waals surface area contributed by atoms with Crippen molar-refractivity contribution in [3.63, 3.8) is 0 Å². The summed E-state index contributed by atoms with van der Waals surface area (Å²) in [6.45, 7) is 14.4. The van der Waals surface area contributed by atoms with Gasteiger partial charge >= 0.3 is 6.09 Å². The van der Waals surface area contributed by atoms with E-state index in [9.17, 15) is 48.3 Å². The van der Waals surface area contributed by atoms with Gasteiger partial charge in [0, 0.05) is 75.2 Å². The number of carbonyl (C=O) groups excluding carboxylic acids is 9. The molecule has 5 heterocycles. The van der Waals surface area contributed by atoms with Gasteiger partial charge < -0.3 is 97.8 Å². The number of nitrogens with zero attached hydrogens (tertiary/aromatic N) is 5. The third-order valence-corrected chi connectivity index (χ3v) is 18.9. The second kappa shape index (κ2) is 46.2. The number of hydrogen-bond acceptors (Lipinski definition) is 24. The Morgan fingerprint density at radius 2 is 1.09 bits per heavy atom. The molecule has 1 unspecified atom stereocenters. The van der Waals surface area contributed by atoms with Gasteiger partial charge in [0.15, 0.2) is 29.2 Å². The summed E-state index contributed by atoms with van der Waals surface area (Å²) in [7, 11) is 2.91. The largest absolute Gasteiger partial charge is 0.493 e. The number of likely N-dealkylation sites (tertiary alicyclic amines) is 1. The van der Waals surface area contributed by atoms with Crippen LogP contribution < -0.4 is 45.1 Å². The number of aliphatic hydroxyl groups is 1. The number of benzene rings is 3. The number of amides is 9. The SMILES string of the molecule is COc1cc2c(cc1OCCCOc1cc3c(cc1OC)C(=O)N1C=C(C)C[C@H]1[C@H](O)N3C(=O)OCc1ccc(NC(=O)[C@H](C)NC(=O)[C@@H](NC(=O)CCOCCOCCOCCOCCOCCOCCOCCOCCNC(=O)CCN3C(=O)CC(c4ccccccccc4)C3=O)C(C)C)cc1)N=C[C@@H]1CC(C)=CN1C2=O. The first-order valence-corrected chi connectivity index (χ1v) is 38.7. The lowest BCUT2D eigenvalue weighted by Crippen LogP contribution is -2.53. The van der Waals surface area contributed by atoms with Gasteiger partial charge in [0.2, 0.25) is 35.4 Å². The number of fused-ring (bicyclic) bond motifs is 4. The monoisotopic (exact) mass is 1600 g/mol. The zero-order valence-electron chi connectivity index (χ0n) is 66.3. The van der Waals surface area contributed by atoms with E-state index in [0.29, 0.717) is 126 Å². The molecule has 5 aliphatic heterocycles. The fourth-order valence-electron chi connectivity index (χ4n) is 12.9. The van der Waals surface area contributed by atoms with Gasteiger partial charge in [-0.2, -0.15) is 0 Å². The lowest BCUT2D eigenvalue weighted by atomic mass is 9.99. The second-order valence-electron chi connectivity index (χ2n) is 27.9. The smallest absolute Gasteiger partial charge is 0.416 e. The van der Waals surface area contributed by atoms with Crippen LogP contribution in [0.4, 0.5) is 21.9 Å². The molecule has 622 valence electrons. The van der Waals surface area contributed by atoms with Gasteiger partial charge in [0.25, 0.3) is 11.8 Å². The van der Waals surface area contributed by atoms with E-state index in [0.717, 1.165) is 21.6 Å². The van der Waals surface area contributed by atoms with Crippen LogP contribution in [0, 0.1) is 5.92 Å². The highest BCUT2D eigenvalue weighted by atomic mass is 16.6. The minimum absolute atomic E-state index is 0.00307. The molecular formula is C83H107N9O23. The van der Waals surface area contributed by atoms with E-state index in [1.165, 1.54) is 43.1 Å². The molecule has 0 saturated carbocycles. The predicted molar refractivity (Wildman–Crippen MR) is 421 cm³/mol. The first-order valence-electron chi connectivity index (χ1n) is 38.7. The number of ether oxygens (including phenoxy) is 13. The average molecular weight is 1600 g/mol. The molecule has 32 nitrogen and oxygen atoms in total. The van der Waals surface area contributed by atoms with Crippen molar-refractivity contribution in [3.8, 4) is 23.0 Å². The number of aliphatic hydroxyl groups excluding tert-OH is 1. The molecule has 4 aromatic rings. The molecule has 0 aliphatic carbocycles. The molecule has 4 aromatic carbocycles. The minimum Gasteiger partial charge on any atom is -0.493 e. The topological polar surface area (TPSA) is 367 Å². The second-order valence-corrected chi connectivity index (χ2v) is 27.9. The summed E-state index contributed by atoms with van der Waals surface area (Å²) in [6.07, 6.45) is 4.12. The Bertz CT molecular complexity index is 4090. The molecule has 0 spiro atoms. The maximum absolute atomic E-state index is 14.3.